The van der Waals surface area contributed by atoms with Gasteiger partial charge in [-0.3, -0.25) is 4.79 Å². The van der Waals surface area contributed by atoms with Gasteiger partial charge in [-0.15, -0.1) is 0 Å². The van der Waals surface area contributed by atoms with Crippen LogP contribution in [0.2, 0.25) is 0 Å². The molecule has 0 spiro atoms. The monoisotopic (exact) mass is 302 g/mol. The Morgan fingerprint density at radius 1 is 1.59 bits per heavy atom. The van der Waals surface area contributed by atoms with Crippen LogP contribution in [0.25, 0.3) is 0 Å². The van der Waals surface area contributed by atoms with Crippen molar-refractivity contribution in [1.82, 2.24) is 0 Å². The molecule has 1 atom stereocenters. The fourth-order valence-corrected chi connectivity index (χ4v) is 1.90. The molecule has 0 aliphatic heterocycles. The van der Waals surface area contributed by atoms with Crippen molar-refractivity contribution >= 4 is 28.0 Å². The van der Waals surface area contributed by atoms with Crippen LogP contribution in [0.1, 0.15) is 23.7 Å². The predicted octanol–water partition coefficient (Wildman–Crippen LogP) is 3.00. The van der Waals surface area contributed by atoms with Gasteiger partial charge < -0.3 is 9.53 Å². The molecule has 1 unspecified atom stereocenters. The van der Waals surface area contributed by atoms with Gasteiger partial charge in [-0.25, -0.2) is 4.39 Å². The maximum atomic E-state index is 13.9. The van der Waals surface area contributed by atoms with Gasteiger partial charge in [0.2, 0.25) is 0 Å². The molecule has 0 N–H and O–H groups in total. The molecule has 3 nitrogen and oxygen atoms in total. The van der Waals surface area contributed by atoms with Gasteiger partial charge in [0, 0.05) is 12.3 Å². The van der Waals surface area contributed by atoms with Gasteiger partial charge in [0.1, 0.15) is 12.0 Å². The van der Waals surface area contributed by atoms with Crippen LogP contribution in [0, 0.1) is 11.7 Å². The zero-order chi connectivity index (χ0) is 13.0. The van der Waals surface area contributed by atoms with Crippen molar-refractivity contribution in [1.29, 1.82) is 0 Å². The lowest BCUT2D eigenvalue weighted by atomic mass is 9.96. The molecule has 0 heterocycles. The van der Waals surface area contributed by atoms with Gasteiger partial charge in [0.15, 0.2) is 11.6 Å². The largest absolute Gasteiger partial charge is 0.495 e. The van der Waals surface area contributed by atoms with E-state index in [0.717, 1.165) is 0 Å². The van der Waals surface area contributed by atoms with E-state index in [1.165, 1.54) is 19.2 Å². The van der Waals surface area contributed by atoms with Crippen LogP contribution in [0.3, 0.4) is 0 Å². The Bertz CT molecular complexity index is 446. The van der Waals surface area contributed by atoms with E-state index in [1.54, 1.807) is 6.92 Å². The molecular formula is C12H12BrFO3. The van der Waals surface area contributed by atoms with E-state index in [2.05, 4.69) is 15.9 Å². The molecule has 0 amide bonds. The Balaban J connectivity index is 3.11. The first-order chi connectivity index (χ1) is 8.02. The summed E-state index contributed by atoms with van der Waals surface area (Å²) in [5.74, 6) is -1.26. The van der Waals surface area contributed by atoms with E-state index in [1.807, 2.05) is 0 Å². The number of benzene rings is 1. The highest BCUT2D eigenvalue weighted by Crippen LogP contribution is 2.30. The summed E-state index contributed by atoms with van der Waals surface area (Å²) in [6.07, 6.45) is 0.737. The predicted molar refractivity (Wildman–Crippen MR) is 64.8 cm³/mol. The Morgan fingerprint density at radius 3 is 2.76 bits per heavy atom. The van der Waals surface area contributed by atoms with Crippen molar-refractivity contribution in [2.75, 3.05) is 7.11 Å². The van der Waals surface area contributed by atoms with Crippen molar-refractivity contribution in [2.24, 2.45) is 5.92 Å². The number of ether oxygens (including phenoxy) is 1. The van der Waals surface area contributed by atoms with Gasteiger partial charge in [-0.05, 0) is 28.1 Å². The minimum Gasteiger partial charge on any atom is -0.495 e. The second kappa shape index (κ2) is 5.91. The maximum absolute atomic E-state index is 13.9. The topological polar surface area (TPSA) is 43.4 Å². The van der Waals surface area contributed by atoms with Gasteiger partial charge in [-0.2, -0.15) is 0 Å². The number of aldehydes is 1. The minimum atomic E-state index is -0.660. The van der Waals surface area contributed by atoms with E-state index in [9.17, 15) is 14.0 Å². The molecule has 5 heteroatoms. The second-order valence-electron chi connectivity index (χ2n) is 3.61. The number of hydrogen-bond donors (Lipinski definition) is 0. The third kappa shape index (κ3) is 2.91. The Kier molecular flexibility index (Phi) is 4.81. The highest BCUT2D eigenvalue weighted by molar-refractivity contribution is 9.10. The molecule has 0 fully saturated rings. The highest BCUT2D eigenvalue weighted by Gasteiger charge is 2.21. The molecule has 1 aromatic carbocycles. The van der Waals surface area contributed by atoms with Crippen molar-refractivity contribution in [3.63, 3.8) is 0 Å². The molecule has 0 aromatic heterocycles. The van der Waals surface area contributed by atoms with Gasteiger partial charge >= 0.3 is 0 Å². The lowest BCUT2D eigenvalue weighted by Gasteiger charge is -2.10. The maximum Gasteiger partial charge on any atom is 0.169 e. The summed E-state index contributed by atoms with van der Waals surface area (Å²) in [7, 11) is 1.41. The zero-order valence-corrected chi connectivity index (χ0v) is 11.1. The van der Waals surface area contributed by atoms with Gasteiger partial charge in [0.05, 0.1) is 17.1 Å². The van der Waals surface area contributed by atoms with Crippen LogP contribution >= 0.6 is 15.9 Å². The fourth-order valence-electron chi connectivity index (χ4n) is 1.40. The number of carbonyl (C=O) groups excluding carboxylic acids is 2. The average Bonchev–Trinajstić information content (AvgIpc) is 2.32. The number of Topliss-reactive ketones (excluding diaryl/α,β-unsaturated/α-hetero) is 1. The zero-order valence-electron chi connectivity index (χ0n) is 9.50. The summed E-state index contributed by atoms with van der Waals surface area (Å²) >= 11 is 3.03. The van der Waals surface area contributed by atoms with Crippen LogP contribution < -0.4 is 4.74 Å². The standard InChI is InChI=1S/C12H12BrFO3/c1-7(5-6-15)12(16)8-3-4-9(17-2)10(13)11(8)14/h3-4,6-7H,5H2,1-2H3. The molecule has 0 aliphatic rings. The summed E-state index contributed by atoms with van der Waals surface area (Å²) in [4.78, 5) is 22.2. The van der Waals surface area contributed by atoms with E-state index < -0.39 is 17.5 Å². The number of hydrogen-bond acceptors (Lipinski definition) is 3. The molecule has 17 heavy (non-hydrogen) atoms. The summed E-state index contributed by atoms with van der Waals surface area (Å²) in [5, 5.41) is 0. The summed E-state index contributed by atoms with van der Waals surface area (Å²) in [5.41, 5.74) is -0.0352. The van der Waals surface area contributed by atoms with Crippen LogP contribution in [0.4, 0.5) is 4.39 Å². The van der Waals surface area contributed by atoms with Crippen LogP contribution in [-0.4, -0.2) is 19.2 Å². The van der Waals surface area contributed by atoms with E-state index in [0.29, 0.717) is 12.0 Å². The molecule has 0 aliphatic carbocycles. The summed E-state index contributed by atoms with van der Waals surface area (Å²) in [6.45, 7) is 1.59. The molecular weight excluding hydrogens is 291 g/mol. The lowest BCUT2D eigenvalue weighted by Crippen LogP contribution is -2.14. The number of rotatable bonds is 5. The van der Waals surface area contributed by atoms with Crippen molar-refractivity contribution < 1.29 is 18.7 Å². The molecule has 92 valence electrons. The molecule has 0 saturated heterocycles. The molecule has 1 rings (SSSR count). The molecule has 0 radical (unpaired) electrons. The van der Waals surface area contributed by atoms with Crippen molar-refractivity contribution in [3.8, 4) is 5.75 Å². The minimum absolute atomic E-state index is 0.0352. The molecule has 1 aromatic rings. The van der Waals surface area contributed by atoms with E-state index in [4.69, 9.17) is 4.74 Å². The lowest BCUT2D eigenvalue weighted by molar-refractivity contribution is -0.108. The van der Waals surface area contributed by atoms with Gasteiger partial charge in [-0.1, -0.05) is 6.92 Å². The molecule has 0 saturated carbocycles. The SMILES string of the molecule is COc1ccc(C(=O)C(C)CC=O)c(F)c1Br. The number of carbonyl (C=O) groups is 2. The van der Waals surface area contributed by atoms with Crippen LogP contribution in [0.5, 0.6) is 5.75 Å². The van der Waals surface area contributed by atoms with Crippen molar-refractivity contribution in [2.45, 2.75) is 13.3 Å². The van der Waals surface area contributed by atoms with E-state index in [-0.39, 0.29) is 16.5 Å². The summed E-state index contributed by atoms with van der Waals surface area (Å²) in [6, 6.07) is 2.87. The van der Waals surface area contributed by atoms with Gasteiger partial charge in [0.25, 0.3) is 0 Å². The third-order valence-corrected chi connectivity index (χ3v) is 3.17. The Morgan fingerprint density at radius 2 is 2.24 bits per heavy atom. The Labute approximate surface area is 107 Å². The first-order valence-corrected chi connectivity index (χ1v) is 5.82. The molecule has 0 bridgehead atoms. The number of methoxy groups -OCH3 is 1. The third-order valence-electron chi connectivity index (χ3n) is 2.43. The first-order valence-electron chi connectivity index (χ1n) is 5.02. The smallest absolute Gasteiger partial charge is 0.169 e. The summed E-state index contributed by atoms with van der Waals surface area (Å²) < 4.78 is 18.9. The quantitative estimate of drug-likeness (QED) is 0.620. The van der Waals surface area contributed by atoms with Crippen molar-refractivity contribution in [3.05, 3.63) is 28.0 Å². The average molecular weight is 303 g/mol. The number of halogens is 2. The first kappa shape index (κ1) is 13.8. The normalized spacial score (nSPS) is 12.0. The Hall–Kier alpha value is -1.23. The van der Waals surface area contributed by atoms with E-state index >= 15 is 0 Å². The highest BCUT2D eigenvalue weighted by atomic mass is 79.9. The van der Waals surface area contributed by atoms with Crippen LogP contribution in [0.15, 0.2) is 16.6 Å². The second-order valence-corrected chi connectivity index (χ2v) is 4.40. The fraction of sp³-hybridized carbons (Fsp3) is 0.333. The van der Waals surface area contributed by atoms with Crippen LogP contribution in [-0.2, 0) is 4.79 Å². The number of ketones is 1.